The average molecular weight is 264 g/mol. The molecule has 0 unspecified atom stereocenters. The molecule has 0 bridgehead atoms. The van der Waals surface area contributed by atoms with Gasteiger partial charge in [0.15, 0.2) is 0 Å². The molecule has 0 aromatic rings. The highest BCUT2D eigenvalue weighted by Gasteiger charge is 2.39. The molecule has 1 aliphatic carbocycles. The lowest BCUT2D eigenvalue weighted by molar-refractivity contribution is -0.134. The Hall–Kier alpha value is -1.06. The van der Waals surface area contributed by atoms with Gasteiger partial charge >= 0.3 is 0 Å². The number of hydrogen-bond acceptors (Lipinski definition) is 2. The van der Waals surface area contributed by atoms with Crippen molar-refractivity contribution in [3.8, 4) is 0 Å². The molecule has 4 heteroatoms. The number of amides is 2. The van der Waals surface area contributed by atoms with Crippen molar-refractivity contribution in [1.82, 2.24) is 9.80 Å². The number of likely N-dealkylation sites (tertiary alicyclic amines) is 2. The molecule has 0 N–H and O–H groups in total. The number of carbonyl (C=O) groups excluding carboxylic acids is 2. The molecule has 0 spiro atoms. The topological polar surface area (TPSA) is 40.6 Å². The Morgan fingerprint density at radius 2 is 1.68 bits per heavy atom. The molecule has 3 rings (SSSR count). The summed E-state index contributed by atoms with van der Waals surface area (Å²) in [4.78, 5) is 28.5. The van der Waals surface area contributed by atoms with Crippen molar-refractivity contribution >= 4 is 11.8 Å². The molecule has 3 fully saturated rings. The SMILES string of the molecule is O=C([C@H]1CC(=O)N(C2CCCCC2)C1)N1CCCC1. The van der Waals surface area contributed by atoms with E-state index in [1.165, 1.54) is 19.3 Å². The highest BCUT2D eigenvalue weighted by atomic mass is 16.2. The zero-order valence-electron chi connectivity index (χ0n) is 11.6. The molecular formula is C15H24N2O2. The largest absolute Gasteiger partial charge is 0.342 e. The zero-order valence-corrected chi connectivity index (χ0v) is 11.6. The highest BCUT2D eigenvalue weighted by Crippen LogP contribution is 2.29. The second kappa shape index (κ2) is 5.51. The summed E-state index contributed by atoms with van der Waals surface area (Å²) in [5.41, 5.74) is 0. The van der Waals surface area contributed by atoms with E-state index in [1.807, 2.05) is 9.80 Å². The van der Waals surface area contributed by atoms with Crippen molar-refractivity contribution in [2.45, 2.75) is 57.4 Å². The van der Waals surface area contributed by atoms with Gasteiger partial charge in [0, 0.05) is 32.1 Å². The van der Waals surface area contributed by atoms with Crippen molar-refractivity contribution in [2.24, 2.45) is 5.92 Å². The van der Waals surface area contributed by atoms with Crippen LogP contribution in [0.5, 0.6) is 0 Å². The Labute approximate surface area is 115 Å². The molecule has 3 aliphatic rings. The number of carbonyl (C=O) groups is 2. The van der Waals surface area contributed by atoms with Crippen LogP contribution in [0.2, 0.25) is 0 Å². The maximum atomic E-state index is 12.4. The second-order valence-electron chi connectivity index (χ2n) is 6.27. The first kappa shape index (κ1) is 12.9. The van der Waals surface area contributed by atoms with Crippen LogP contribution < -0.4 is 0 Å². The van der Waals surface area contributed by atoms with Gasteiger partial charge in [-0.2, -0.15) is 0 Å². The molecule has 2 aliphatic heterocycles. The summed E-state index contributed by atoms with van der Waals surface area (Å²) in [5.74, 6) is 0.376. The number of rotatable bonds is 2. The molecule has 2 saturated heterocycles. The lowest BCUT2D eigenvalue weighted by Crippen LogP contribution is -2.39. The van der Waals surface area contributed by atoms with Crippen molar-refractivity contribution in [2.75, 3.05) is 19.6 Å². The van der Waals surface area contributed by atoms with Crippen LogP contribution in [0.25, 0.3) is 0 Å². The predicted octanol–water partition coefficient (Wildman–Crippen LogP) is 1.79. The monoisotopic (exact) mass is 264 g/mol. The molecule has 0 aromatic carbocycles. The lowest BCUT2D eigenvalue weighted by Gasteiger charge is -2.31. The molecule has 106 valence electrons. The molecule has 2 amide bonds. The minimum Gasteiger partial charge on any atom is -0.342 e. The molecule has 19 heavy (non-hydrogen) atoms. The quantitative estimate of drug-likeness (QED) is 0.763. The molecule has 0 aromatic heterocycles. The average Bonchev–Trinajstić information content (AvgIpc) is 3.08. The molecule has 1 atom stereocenters. The van der Waals surface area contributed by atoms with Gasteiger partial charge in [-0.05, 0) is 25.7 Å². The zero-order chi connectivity index (χ0) is 13.2. The Morgan fingerprint density at radius 1 is 1.00 bits per heavy atom. The summed E-state index contributed by atoms with van der Waals surface area (Å²) >= 11 is 0. The van der Waals surface area contributed by atoms with E-state index >= 15 is 0 Å². The van der Waals surface area contributed by atoms with Gasteiger partial charge in [-0.25, -0.2) is 0 Å². The third-order valence-corrected chi connectivity index (χ3v) is 4.94. The van der Waals surface area contributed by atoms with E-state index in [-0.39, 0.29) is 17.7 Å². The van der Waals surface area contributed by atoms with Crippen LogP contribution in [0.4, 0.5) is 0 Å². The van der Waals surface area contributed by atoms with Gasteiger partial charge in [-0.3, -0.25) is 9.59 Å². The minimum absolute atomic E-state index is 0.0625. The Kier molecular flexibility index (Phi) is 3.76. The van der Waals surface area contributed by atoms with Gasteiger partial charge in [0.1, 0.15) is 0 Å². The smallest absolute Gasteiger partial charge is 0.227 e. The van der Waals surface area contributed by atoms with Crippen LogP contribution in [0.15, 0.2) is 0 Å². The van der Waals surface area contributed by atoms with Gasteiger partial charge < -0.3 is 9.80 Å². The van der Waals surface area contributed by atoms with E-state index in [0.717, 1.165) is 38.8 Å². The lowest BCUT2D eigenvalue weighted by atomic mass is 9.94. The van der Waals surface area contributed by atoms with E-state index in [1.54, 1.807) is 0 Å². The first-order valence-corrected chi connectivity index (χ1v) is 7.84. The van der Waals surface area contributed by atoms with Gasteiger partial charge in [0.25, 0.3) is 0 Å². The fourth-order valence-electron chi connectivity index (χ4n) is 3.84. The number of hydrogen-bond donors (Lipinski definition) is 0. The summed E-state index contributed by atoms with van der Waals surface area (Å²) < 4.78 is 0. The molecule has 2 heterocycles. The minimum atomic E-state index is -0.0625. The fourth-order valence-corrected chi connectivity index (χ4v) is 3.84. The van der Waals surface area contributed by atoms with Gasteiger partial charge in [-0.1, -0.05) is 19.3 Å². The van der Waals surface area contributed by atoms with Crippen molar-refractivity contribution in [1.29, 1.82) is 0 Å². The van der Waals surface area contributed by atoms with Crippen LogP contribution in [0, 0.1) is 5.92 Å². The third kappa shape index (κ3) is 2.63. The Morgan fingerprint density at radius 3 is 2.37 bits per heavy atom. The van der Waals surface area contributed by atoms with Crippen LogP contribution in [-0.2, 0) is 9.59 Å². The van der Waals surface area contributed by atoms with E-state index in [0.29, 0.717) is 19.0 Å². The molecular weight excluding hydrogens is 240 g/mol. The first-order chi connectivity index (χ1) is 9.25. The van der Waals surface area contributed by atoms with Gasteiger partial charge in [0.2, 0.25) is 11.8 Å². The maximum Gasteiger partial charge on any atom is 0.227 e. The van der Waals surface area contributed by atoms with Crippen LogP contribution in [-0.4, -0.2) is 47.3 Å². The summed E-state index contributed by atoms with van der Waals surface area (Å²) in [5, 5.41) is 0. The van der Waals surface area contributed by atoms with E-state index in [9.17, 15) is 9.59 Å². The fraction of sp³-hybridized carbons (Fsp3) is 0.867. The molecule has 1 saturated carbocycles. The Balaban J connectivity index is 1.60. The number of nitrogens with zero attached hydrogens (tertiary/aromatic N) is 2. The third-order valence-electron chi connectivity index (χ3n) is 4.94. The molecule has 4 nitrogen and oxygen atoms in total. The molecule has 0 radical (unpaired) electrons. The summed E-state index contributed by atoms with van der Waals surface area (Å²) in [6.07, 6.45) is 8.74. The standard InChI is InChI=1S/C15H24N2O2/c18-14-10-12(15(19)16-8-4-5-9-16)11-17(14)13-6-2-1-3-7-13/h12-13H,1-11H2/t12-/m0/s1. The van der Waals surface area contributed by atoms with Gasteiger partial charge in [0.05, 0.1) is 5.92 Å². The summed E-state index contributed by atoms with van der Waals surface area (Å²) in [6, 6.07) is 0.414. The van der Waals surface area contributed by atoms with Crippen LogP contribution in [0.1, 0.15) is 51.4 Å². The maximum absolute atomic E-state index is 12.4. The van der Waals surface area contributed by atoms with Crippen LogP contribution in [0.3, 0.4) is 0 Å². The van der Waals surface area contributed by atoms with Crippen molar-refractivity contribution in [3.05, 3.63) is 0 Å². The second-order valence-corrected chi connectivity index (χ2v) is 6.27. The summed E-state index contributed by atoms with van der Waals surface area (Å²) in [6.45, 7) is 2.47. The van der Waals surface area contributed by atoms with Crippen molar-refractivity contribution < 1.29 is 9.59 Å². The normalized spacial score (nSPS) is 29.3. The summed E-state index contributed by atoms with van der Waals surface area (Å²) in [7, 11) is 0. The first-order valence-electron chi connectivity index (χ1n) is 7.84. The predicted molar refractivity (Wildman–Crippen MR) is 72.5 cm³/mol. The van der Waals surface area contributed by atoms with E-state index < -0.39 is 0 Å². The highest BCUT2D eigenvalue weighted by molar-refractivity contribution is 5.89. The van der Waals surface area contributed by atoms with E-state index in [4.69, 9.17) is 0 Å². The van der Waals surface area contributed by atoms with Crippen molar-refractivity contribution in [3.63, 3.8) is 0 Å². The Bertz CT molecular complexity index is 357. The van der Waals surface area contributed by atoms with Crippen LogP contribution >= 0.6 is 0 Å². The van der Waals surface area contributed by atoms with E-state index in [2.05, 4.69) is 0 Å². The van der Waals surface area contributed by atoms with Gasteiger partial charge in [-0.15, -0.1) is 0 Å².